The molecule has 1 atom stereocenters. The number of carbonyl (C=O) groups is 1. The molecule has 0 spiro atoms. The summed E-state index contributed by atoms with van der Waals surface area (Å²) >= 11 is 1.79. The van der Waals surface area contributed by atoms with Crippen molar-refractivity contribution in [2.24, 2.45) is 5.73 Å². The highest BCUT2D eigenvalue weighted by molar-refractivity contribution is 7.99. The number of hydrogen-bond donors (Lipinski definition) is 1. The lowest BCUT2D eigenvalue weighted by atomic mass is 10.00. The van der Waals surface area contributed by atoms with Crippen LogP contribution in [0.2, 0.25) is 0 Å². The molecule has 2 heterocycles. The van der Waals surface area contributed by atoms with Gasteiger partial charge in [-0.2, -0.15) is 16.7 Å². The second kappa shape index (κ2) is 5.71. The Morgan fingerprint density at radius 2 is 2.50 bits per heavy atom. The van der Waals surface area contributed by atoms with E-state index in [-0.39, 0.29) is 12.4 Å². The lowest BCUT2D eigenvalue weighted by molar-refractivity contribution is -0.143. The molecule has 6 nitrogen and oxygen atoms in total. The molecule has 1 fully saturated rings. The summed E-state index contributed by atoms with van der Waals surface area (Å²) < 4.78 is 9.95. The van der Waals surface area contributed by atoms with Crippen LogP contribution in [0.15, 0.2) is 4.52 Å². The molecule has 1 saturated heterocycles. The summed E-state index contributed by atoms with van der Waals surface area (Å²) in [5.41, 5.74) is 5.72. The first-order valence-corrected chi connectivity index (χ1v) is 7.15. The van der Waals surface area contributed by atoms with Crippen molar-refractivity contribution in [3.05, 3.63) is 11.7 Å². The van der Waals surface area contributed by atoms with E-state index in [0.717, 1.165) is 17.9 Å². The van der Waals surface area contributed by atoms with Crippen LogP contribution in [0, 0.1) is 0 Å². The van der Waals surface area contributed by atoms with Crippen LogP contribution in [0.5, 0.6) is 0 Å². The molecular weight excluding hydrogens is 254 g/mol. The van der Waals surface area contributed by atoms with Gasteiger partial charge in [0.2, 0.25) is 5.89 Å². The predicted molar refractivity (Wildman–Crippen MR) is 67.1 cm³/mol. The van der Waals surface area contributed by atoms with Gasteiger partial charge in [0, 0.05) is 12.2 Å². The van der Waals surface area contributed by atoms with Gasteiger partial charge in [-0.05, 0) is 19.1 Å². The first-order chi connectivity index (χ1) is 8.64. The van der Waals surface area contributed by atoms with Gasteiger partial charge in [-0.25, -0.2) is 0 Å². The maximum absolute atomic E-state index is 11.2. The molecule has 0 radical (unpaired) electrons. The van der Waals surface area contributed by atoms with Crippen LogP contribution in [0.3, 0.4) is 0 Å². The highest BCUT2D eigenvalue weighted by Gasteiger charge is 2.36. The van der Waals surface area contributed by atoms with E-state index in [9.17, 15) is 4.79 Å². The number of aryl methyl sites for hydroxylation is 1. The fourth-order valence-electron chi connectivity index (χ4n) is 1.76. The number of thioether (sulfide) groups is 1. The van der Waals surface area contributed by atoms with Crippen molar-refractivity contribution >= 4 is 17.7 Å². The van der Waals surface area contributed by atoms with E-state index >= 15 is 0 Å². The Kier molecular flexibility index (Phi) is 4.23. The normalized spacial score (nSPS) is 23.2. The highest BCUT2D eigenvalue weighted by Crippen LogP contribution is 2.32. The minimum atomic E-state index is -0.476. The summed E-state index contributed by atoms with van der Waals surface area (Å²) in [5, 5.41) is 3.92. The van der Waals surface area contributed by atoms with Gasteiger partial charge >= 0.3 is 5.97 Å². The molecule has 0 aliphatic carbocycles. The largest absolute Gasteiger partial charge is 0.466 e. The molecule has 1 unspecified atom stereocenters. The maximum atomic E-state index is 11.2. The Morgan fingerprint density at radius 1 is 1.67 bits per heavy atom. The molecule has 1 aliphatic rings. The molecule has 2 rings (SSSR count). The molecule has 0 aromatic carbocycles. The van der Waals surface area contributed by atoms with Crippen LogP contribution >= 0.6 is 11.8 Å². The van der Waals surface area contributed by atoms with Crippen molar-refractivity contribution in [3.63, 3.8) is 0 Å². The molecule has 0 amide bonds. The fourth-order valence-corrected chi connectivity index (χ4v) is 3.05. The Hall–Kier alpha value is -1.08. The molecule has 0 bridgehead atoms. The number of esters is 1. The van der Waals surface area contributed by atoms with Crippen molar-refractivity contribution in [1.82, 2.24) is 10.1 Å². The smallest absolute Gasteiger partial charge is 0.306 e. The third-order valence-corrected chi connectivity index (χ3v) is 4.03. The van der Waals surface area contributed by atoms with Gasteiger partial charge in [0.15, 0.2) is 5.82 Å². The van der Waals surface area contributed by atoms with Gasteiger partial charge in [-0.15, -0.1) is 0 Å². The quantitative estimate of drug-likeness (QED) is 0.794. The summed E-state index contributed by atoms with van der Waals surface area (Å²) in [5.74, 6) is 2.56. The van der Waals surface area contributed by atoms with Crippen molar-refractivity contribution in [2.45, 2.75) is 31.7 Å². The van der Waals surface area contributed by atoms with Crippen molar-refractivity contribution in [2.75, 3.05) is 18.1 Å². The van der Waals surface area contributed by atoms with Crippen LogP contribution in [-0.4, -0.2) is 34.2 Å². The van der Waals surface area contributed by atoms with E-state index < -0.39 is 5.54 Å². The van der Waals surface area contributed by atoms with Gasteiger partial charge < -0.3 is 15.0 Å². The van der Waals surface area contributed by atoms with Gasteiger partial charge in [0.25, 0.3) is 0 Å². The SMILES string of the molecule is CCOC(=O)CCc1nc(C2(N)CCSC2)no1. The number of ether oxygens (including phenoxy) is 1. The summed E-state index contributed by atoms with van der Waals surface area (Å²) in [6.07, 6.45) is 1.51. The summed E-state index contributed by atoms with van der Waals surface area (Å²) in [7, 11) is 0. The van der Waals surface area contributed by atoms with E-state index in [1.165, 1.54) is 0 Å². The molecule has 1 aliphatic heterocycles. The standard InChI is InChI=1S/C11H17N3O3S/c1-2-16-9(15)4-3-8-13-10(14-17-8)11(12)5-6-18-7-11/h2-7,12H2,1H3. The zero-order chi connectivity index (χ0) is 13.0. The second-order valence-corrected chi connectivity index (χ2v) is 5.38. The van der Waals surface area contributed by atoms with E-state index in [2.05, 4.69) is 10.1 Å². The molecule has 1 aromatic heterocycles. The topological polar surface area (TPSA) is 91.2 Å². The number of aromatic nitrogens is 2. The molecule has 0 saturated carbocycles. The van der Waals surface area contributed by atoms with Gasteiger partial charge in [0.05, 0.1) is 18.6 Å². The Balaban J connectivity index is 1.92. The Morgan fingerprint density at radius 3 is 3.17 bits per heavy atom. The third-order valence-electron chi connectivity index (χ3n) is 2.81. The van der Waals surface area contributed by atoms with Crippen LogP contribution in [0.25, 0.3) is 0 Å². The summed E-state index contributed by atoms with van der Waals surface area (Å²) in [4.78, 5) is 15.5. The predicted octanol–water partition coefficient (Wildman–Crippen LogP) is 0.856. The lowest BCUT2D eigenvalue weighted by Crippen LogP contribution is -2.37. The van der Waals surface area contributed by atoms with E-state index in [0.29, 0.717) is 24.7 Å². The minimum Gasteiger partial charge on any atom is -0.466 e. The Labute approximate surface area is 110 Å². The molecule has 2 N–H and O–H groups in total. The van der Waals surface area contributed by atoms with Crippen molar-refractivity contribution < 1.29 is 14.1 Å². The van der Waals surface area contributed by atoms with Crippen LogP contribution < -0.4 is 5.73 Å². The summed E-state index contributed by atoms with van der Waals surface area (Å²) in [6, 6.07) is 0. The summed E-state index contributed by atoms with van der Waals surface area (Å²) in [6.45, 7) is 2.16. The van der Waals surface area contributed by atoms with E-state index in [1.807, 2.05) is 0 Å². The van der Waals surface area contributed by atoms with Crippen molar-refractivity contribution in [1.29, 1.82) is 0 Å². The number of hydrogen-bond acceptors (Lipinski definition) is 7. The Bertz CT molecular complexity index is 415. The average molecular weight is 271 g/mol. The number of nitrogens with two attached hydrogens (primary N) is 1. The number of carbonyl (C=O) groups excluding carboxylic acids is 1. The van der Waals surface area contributed by atoms with Gasteiger partial charge in [-0.1, -0.05) is 5.16 Å². The van der Waals surface area contributed by atoms with Crippen LogP contribution in [0.4, 0.5) is 0 Å². The zero-order valence-corrected chi connectivity index (χ0v) is 11.2. The molecule has 18 heavy (non-hydrogen) atoms. The monoisotopic (exact) mass is 271 g/mol. The van der Waals surface area contributed by atoms with Gasteiger partial charge in [-0.3, -0.25) is 4.79 Å². The van der Waals surface area contributed by atoms with E-state index in [1.54, 1.807) is 18.7 Å². The molecule has 1 aromatic rings. The first-order valence-electron chi connectivity index (χ1n) is 5.99. The van der Waals surface area contributed by atoms with Crippen LogP contribution in [-0.2, 0) is 21.5 Å². The van der Waals surface area contributed by atoms with Crippen molar-refractivity contribution in [3.8, 4) is 0 Å². The first kappa shape index (κ1) is 13.4. The molecule has 100 valence electrons. The molecule has 7 heteroatoms. The highest BCUT2D eigenvalue weighted by atomic mass is 32.2. The number of nitrogens with zero attached hydrogens (tertiary/aromatic N) is 2. The van der Waals surface area contributed by atoms with E-state index in [4.69, 9.17) is 15.0 Å². The van der Waals surface area contributed by atoms with Gasteiger partial charge in [0.1, 0.15) is 0 Å². The second-order valence-electron chi connectivity index (χ2n) is 4.28. The maximum Gasteiger partial charge on any atom is 0.306 e. The minimum absolute atomic E-state index is 0.252. The van der Waals surface area contributed by atoms with Crippen LogP contribution in [0.1, 0.15) is 31.5 Å². The number of rotatable bonds is 5. The lowest BCUT2D eigenvalue weighted by Gasteiger charge is -2.16. The third kappa shape index (κ3) is 3.02. The zero-order valence-electron chi connectivity index (χ0n) is 10.3. The fraction of sp³-hybridized carbons (Fsp3) is 0.727. The average Bonchev–Trinajstić information content (AvgIpc) is 2.96. The molecular formula is C11H17N3O3S.